The van der Waals surface area contributed by atoms with Crippen molar-refractivity contribution in [2.45, 2.75) is 72.5 Å². The molecule has 20 heavy (non-hydrogen) atoms. The van der Waals surface area contributed by atoms with Crippen LogP contribution in [0.3, 0.4) is 0 Å². The molecule has 1 rings (SSSR count). The van der Waals surface area contributed by atoms with Crippen LogP contribution in [0.15, 0.2) is 0 Å². The molecule has 0 saturated carbocycles. The zero-order valence-electron chi connectivity index (χ0n) is 14.9. The van der Waals surface area contributed by atoms with Crippen LogP contribution in [-0.4, -0.2) is 60.1 Å². The van der Waals surface area contributed by atoms with E-state index in [0.29, 0.717) is 12.0 Å². The van der Waals surface area contributed by atoms with Gasteiger partial charge in [-0.25, -0.2) is 0 Å². The third-order valence-corrected chi connectivity index (χ3v) is 4.60. The molecule has 3 heteroatoms. The summed E-state index contributed by atoms with van der Waals surface area (Å²) in [6.45, 7) is 22.0. The molecule has 0 aliphatic carbocycles. The lowest BCUT2D eigenvalue weighted by Crippen LogP contribution is -2.50. The van der Waals surface area contributed by atoms with Gasteiger partial charge in [-0.15, -0.1) is 0 Å². The van der Waals surface area contributed by atoms with Crippen molar-refractivity contribution in [2.75, 3.05) is 32.7 Å². The zero-order valence-corrected chi connectivity index (χ0v) is 14.9. The van der Waals surface area contributed by atoms with Crippen molar-refractivity contribution in [2.24, 2.45) is 5.92 Å². The maximum atomic E-state index is 3.70. The van der Waals surface area contributed by atoms with Gasteiger partial charge >= 0.3 is 0 Å². The van der Waals surface area contributed by atoms with E-state index in [1.807, 2.05) is 0 Å². The van der Waals surface area contributed by atoms with E-state index in [-0.39, 0.29) is 5.54 Å². The Bertz CT molecular complexity index is 266. The van der Waals surface area contributed by atoms with Crippen LogP contribution in [0.5, 0.6) is 0 Å². The van der Waals surface area contributed by atoms with Gasteiger partial charge in [0.25, 0.3) is 0 Å². The number of nitrogens with one attached hydrogen (secondary N) is 1. The Hall–Kier alpha value is -0.120. The van der Waals surface area contributed by atoms with E-state index in [4.69, 9.17) is 0 Å². The minimum Gasteiger partial charge on any atom is -0.311 e. The second-order valence-corrected chi connectivity index (χ2v) is 7.60. The Balaban J connectivity index is 2.57. The Morgan fingerprint density at radius 2 is 1.80 bits per heavy atom. The molecule has 0 bridgehead atoms. The molecule has 1 saturated heterocycles. The molecule has 2 unspecified atom stereocenters. The van der Waals surface area contributed by atoms with Crippen molar-refractivity contribution in [1.29, 1.82) is 0 Å². The van der Waals surface area contributed by atoms with Crippen molar-refractivity contribution in [3.8, 4) is 0 Å². The molecule has 1 heterocycles. The van der Waals surface area contributed by atoms with Crippen LogP contribution in [0.4, 0.5) is 0 Å². The first kappa shape index (κ1) is 17.9. The van der Waals surface area contributed by atoms with Gasteiger partial charge in [-0.2, -0.15) is 0 Å². The van der Waals surface area contributed by atoms with Gasteiger partial charge in [0, 0.05) is 37.3 Å². The maximum Gasteiger partial charge on any atom is 0.0244 e. The van der Waals surface area contributed by atoms with Gasteiger partial charge in [0.1, 0.15) is 0 Å². The molecule has 0 radical (unpaired) electrons. The summed E-state index contributed by atoms with van der Waals surface area (Å²) in [7, 11) is 0. The topological polar surface area (TPSA) is 18.5 Å². The smallest absolute Gasteiger partial charge is 0.0244 e. The number of rotatable bonds is 7. The van der Waals surface area contributed by atoms with E-state index in [1.54, 1.807) is 0 Å². The highest BCUT2D eigenvalue weighted by Crippen LogP contribution is 2.21. The molecule has 120 valence electrons. The highest BCUT2D eigenvalue weighted by atomic mass is 15.3. The molecule has 1 fully saturated rings. The lowest BCUT2D eigenvalue weighted by Gasteiger charge is -2.35. The SMILES string of the molecule is CCN(CC)C1CCN(C(CNC(C)(C)C)C(C)C)C1. The van der Waals surface area contributed by atoms with E-state index < -0.39 is 0 Å². The standard InChI is InChI=1S/C17H37N3/c1-8-19(9-2)15-10-11-20(13-15)16(14(3)4)12-18-17(5,6)7/h14-16,18H,8-13H2,1-7H3. The minimum atomic E-state index is 0.213. The molecule has 1 aliphatic heterocycles. The van der Waals surface area contributed by atoms with E-state index in [0.717, 1.165) is 12.6 Å². The molecule has 0 amide bonds. The monoisotopic (exact) mass is 283 g/mol. The van der Waals surface area contributed by atoms with Crippen LogP contribution in [0.25, 0.3) is 0 Å². The summed E-state index contributed by atoms with van der Waals surface area (Å²) in [4.78, 5) is 5.33. The molecular formula is C17H37N3. The summed E-state index contributed by atoms with van der Waals surface area (Å²) < 4.78 is 0. The molecule has 0 aromatic rings. The van der Waals surface area contributed by atoms with E-state index >= 15 is 0 Å². The summed E-state index contributed by atoms with van der Waals surface area (Å²) in [5.74, 6) is 0.709. The fraction of sp³-hybridized carbons (Fsp3) is 1.00. The lowest BCUT2D eigenvalue weighted by atomic mass is 10.0. The average molecular weight is 284 g/mol. The quantitative estimate of drug-likeness (QED) is 0.775. The van der Waals surface area contributed by atoms with Gasteiger partial charge in [-0.3, -0.25) is 9.80 Å². The number of likely N-dealkylation sites (tertiary alicyclic amines) is 1. The predicted molar refractivity (Wildman–Crippen MR) is 89.3 cm³/mol. The molecule has 0 aromatic carbocycles. The first-order valence-electron chi connectivity index (χ1n) is 8.51. The van der Waals surface area contributed by atoms with Crippen molar-refractivity contribution in [3.05, 3.63) is 0 Å². The van der Waals surface area contributed by atoms with E-state index in [9.17, 15) is 0 Å². The first-order valence-corrected chi connectivity index (χ1v) is 8.51. The van der Waals surface area contributed by atoms with Crippen LogP contribution in [0.2, 0.25) is 0 Å². The van der Waals surface area contributed by atoms with Crippen molar-refractivity contribution in [3.63, 3.8) is 0 Å². The van der Waals surface area contributed by atoms with Gasteiger partial charge in [0.15, 0.2) is 0 Å². The molecule has 3 nitrogen and oxygen atoms in total. The van der Waals surface area contributed by atoms with Crippen LogP contribution in [0.1, 0.15) is 54.9 Å². The van der Waals surface area contributed by atoms with Gasteiger partial charge in [0.2, 0.25) is 0 Å². The summed E-state index contributed by atoms with van der Waals surface area (Å²) in [5.41, 5.74) is 0.213. The summed E-state index contributed by atoms with van der Waals surface area (Å²) in [6.07, 6.45) is 1.33. The third kappa shape index (κ3) is 5.34. The van der Waals surface area contributed by atoms with E-state index in [1.165, 1.54) is 32.6 Å². The molecule has 1 N–H and O–H groups in total. The van der Waals surface area contributed by atoms with E-state index in [2.05, 4.69) is 63.6 Å². The van der Waals surface area contributed by atoms with Crippen molar-refractivity contribution >= 4 is 0 Å². The maximum absolute atomic E-state index is 3.70. The van der Waals surface area contributed by atoms with Crippen LogP contribution >= 0.6 is 0 Å². The number of likely N-dealkylation sites (N-methyl/N-ethyl adjacent to an activating group) is 1. The second kappa shape index (κ2) is 7.77. The van der Waals surface area contributed by atoms with Crippen LogP contribution < -0.4 is 5.32 Å². The van der Waals surface area contributed by atoms with Crippen LogP contribution in [0, 0.1) is 5.92 Å². The Morgan fingerprint density at radius 3 is 2.25 bits per heavy atom. The van der Waals surface area contributed by atoms with Crippen LogP contribution in [-0.2, 0) is 0 Å². The zero-order chi connectivity index (χ0) is 15.3. The predicted octanol–water partition coefficient (Wildman–Crippen LogP) is 2.82. The fourth-order valence-corrected chi connectivity index (χ4v) is 3.30. The largest absolute Gasteiger partial charge is 0.311 e. The summed E-state index contributed by atoms with van der Waals surface area (Å²) >= 11 is 0. The van der Waals surface area contributed by atoms with Gasteiger partial charge in [-0.05, 0) is 46.2 Å². The molecule has 1 aliphatic rings. The molecule has 0 spiro atoms. The number of hydrogen-bond donors (Lipinski definition) is 1. The molecule has 0 aromatic heterocycles. The number of nitrogens with zero attached hydrogens (tertiary/aromatic N) is 2. The highest BCUT2D eigenvalue weighted by molar-refractivity contribution is 4.89. The lowest BCUT2D eigenvalue weighted by molar-refractivity contribution is 0.152. The van der Waals surface area contributed by atoms with Gasteiger partial charge < -0.3 is 5.32 Å². The minimum absolute atomic E-state index is 0.213. The summed E-state index contributed by atoms with van der Waals surface area (Å²) in [5, 5.41) is 3.70. The molecular weight excluding hydrogens is 246 g/mol. The van der Waals surface area contributed by atoms with Gasteiger partial charge in [0.05, 0.1) is 0 Å². The second-order valence-electron chi connectivity index (χ2n) is 7.60. The average Bonchev–Trinajstić information content (AvgIpc) is 2.78. The van der Waals surface area contributed by atoms with Crippen molar-refractivity contribution < 1.29 is 0 Å². The Labute approximate surface area is 127 Å². The van der Waals surface area contributed by atoms with Gasteiger partial charge in [-0.1, -0.05) is 27.7 Å². The first-order chi connectivity index (χ1) is 9.28. The normalized spacial score (nSPS) is 22.9. The highest BCUT2D eigenvalue weighted by Gasteiger charge is 2.32. The molecule has 2 atom stereocenters. The summed E-state index contributed by atoms with van der Waals surface area (Å²) in [6, 6.07) is 1.43. The Kier molecular flexibility index (Phi) is 6.96. The third-order valence-electron chi connectivity index (χ3n) is 4.60. The fourth-order valence-electron chi connectivity index (χ4n) is 3.30. The van der Waals surface area contributed by atoms with Crippen molar-refractivity contribution in [1.82, 2.24) is 15.1 Å². The Morgan fingerprint density at radius 1 is 1.20 bits per heavy atom. The number of hydrogen-bond acceptors (Lipinski definition) is 3.